The summed E-state index contributed by atoms with van der Waals surface area (Å²) in [5.74, 6) is -0.456. The van der Waals surface area contributed by atoms with Gasteiger partial charge >= 0.3 is 5.97 Å². The van der Waals surface area contributed by atoms with Crippen LogP contribution in [0.2, 0.25) is 0 Å². The number of furan rings is 1. The number of nitrogens with two attached hydrogens (primary N) is 1. The van der Waals surface area contributed by atoms with Crippen LogP contribution in [0, 0.1) is 5.82 Å². The van der Waals surface area contributed by atoms with Crippen LogP contribution in [0.15, 0.2) is 59.3 Å². The van der Waals surface area contributed by atoms with Gasteiger partial charge in [0, 0.05) is 40.9 Å². The molecule has 0 atom stereocenters. The molecule has 0 spiro atoms. The fourth-order valence-corrected chi connectivity index (χ4v) is 3.47. The number of methoxy groups -OCH3 is 1. The predicted molar refractivity (Wildman–Crippen MR) is 116 cm³/mol. The summed E-state index contributed by atoms with van der Waals surface area (Å²) in [6, 6.07) is 11.9. The minimum atomic E-state index is -0.963. The Bertz CT molecular complexity index is 1280. The molecule has 0 saturated carbocycles. The van der Waals surface area contributed by atoms with Gasteiger partial charge in [-0.1, -0.05) is 12.1 Å². The first-order valence-corrected chi connectivity index (χ1v) is 9.85. The van der Waals surface area contributed by atoms with Crippen LogP contribution in [0.4, 0.5) is 4.39 Å². The maximum atomic E-state index is 14.7. The van der Waals surface area contributed by atoms with Crippen LogP contribution in [0.5, 0.6) is 11.5 Å². The van der Waals surface area contributed by atoms with Crippen molar-refractivity contribution < 1.29 is 28.2 Å². The lowest BCUT2D eigenvalue weighted by molar-refractivity contribution is -0.136. The van der Waals surface area contributed by atoms with E-state index in [9.17, 15) is 9.18 Å². The average Bonchev–Trinajstić information content (AvgIpc) is 3.20. The van der Waals surface area contributed by atoms with Crippen molar-refractivity contribution >= 4 is 16.9 Å². The second-order valence-electron chi connectivity index (χ2n) is 7.13. The summed E-state index contributed by atoms with van der Waals surface area (Å²) < 4.78 is 31.5. The average molecular weight is 436 g/mol. The minimum absolute atomic E-state index is 0.00589. The zero-order valence-electron chi connectivity index (χ0n) is 17.3. The lowest BCUT2D eigenvalue weighted by Gasteiger charge is -2.12. The summed E-state index contributed by atoms with van der Waals surface area (Å²) in [6.07, 6.45) is 2.91. The van der Waals surface area contributed by atoms with E-state index in [0.29, 0.717) is 33.8 Å². The summed E-state index contributed by atoms with van der Waals surface area (Å²) in [7, 11) is 1.52. The zero-order chi connectivity index (χ0) is 22.7. The normalized spacial score (nSPS) is 11.0. The molecule has 0 bridgehead atoms. The summed E-state index contributed by atoms with van der Waals surface area (Å²) in [5, 5.41) is 9.93. The van der Waals surface area contributed by atoms with E-state index in [1.165, 1.54) is 13.3 Å². The van der Waals surface area contributed by atoms with Gasteiger partial charge in [0.25, 0.3) is 0 Å². The zero-order valence-corrected chi connectivity index (χ0v) is 17.3. The maximum absolute atomic E-state index is 14.7. The lowest BCUT2D eigenvalue weighted by Crippen LogP contribution is -2.04. The first-order valence-electron chi connectivity index (χ1n) is 9.85. The molecule has 0 aliphatic heterocycles. The van der Waals surface area contributed by atoms with Crippen LogP contribution in [-0.2, 0) is 24.4 Å². The number of benzene rings is 2. The van der Waals surface area contributed by atoms with Crippen LogP contribution in [-0.4, -0.2) is 23.2 Å². The summed E-state index contributed by atoms with van der Waals surface area (Å²) in [4.78, 5) is 15.2. The molecule has 0 unspecified atom stereocenters. The highest BCUT2D eigenvalue weighted by atomic mass is 19.1. The molecular weight excluding hydrogens is 415 g/mol. The highest BCUT2D eigenvalue weighted by molar-refractivity contribution is 5.86. The third kappa shape index (κ3) is 4.26. The van der Waals surface area contributed by atoms with Gasteiger partial charge in [-0.2, -0.15) is 0 Å². The van der Waals surface area contributed by atoms with E-state index in [1.54, 1.807) is 42.7 Å². The summed E-state index contributed by atoms with van der Waals surface area (Å²) in [5.41, 5.74) is 8.71. The minimum Gasteiger partial charge on any atom is -0.497 e. The molecule has 32 heavy (non-hydrogen) atoms. The highest BCUT2D eigenvalue weighted by Crippen LogP contribution is 2.32. The number of aliphatic carboxylic acids is 1. The first-order chi connectivity index (χ1) is 15.5. The number of ether oxygens (including phenoxy) is 2. The third-order valence-corrected chi connectivity index (χ3v) is 5.12. The Hall–Kier alpha value is -3.91. The van der Waals surface area contributed by atoms with Gasteiger partial charge in [0.1, 0.15) is 23.7 Å². The van der Waals surface area contributed by atoms with Crippen molar-refractivity contribution in [1.29, 1.82) is 0 Å². The van der Waals surface area contributed by atoms with Gasteiger partial charge < -0.3 is 24.7 Å². The van der Waals surface area contributed by atoms with Crippen molar-refractivity contribution in [3.63, 3.8) is 0 Å². The van der Waals surface area contributed by atoms with Gasteiger partial charge in [0.2, 0.25) is 0 Å². The van der Waals surface area contributed by atoms with E-state index >= 15 is 0 Å². The molecule has 3 N–H and O–H groups in total. The summed E-state index contributed by atoms with van der Waals surface area (Å²) >= 11 is 0. The molecule has 4 rings (SSSR count). The topological polar surface area (TPSA) is 108 Å². The van der Waals surface area contributed by atoms with E-state index in [1.807, 2.05) is 6.07 Å². The molecule has 0 aliphatic rings. The lowest BCUT2D eigenvalue weighted by atomic mass is 10.0. The Labute approximate surface area is 183 Å². The van der Waals surface area contributed by atoms with Gasteiger partial charge in [-0.3, -0.25) is 9.78 Å². The molecule has 164 valence electrons. The quantitative estimate of drug-likeness (QED) is 0.424. The molecule has 2 heterocycles. The Balaban J connectivity index is 1.66. The van der Waals surface area contributed by atoms with Crippen molar-refractivity contribution in [2.45, 2.75) is 19.6 Å². The molecule has 0 radical (unpaired) electrons. The Morgan fingerprint density at radius 2 is 2.03 bits per heavy atom. The number of pyridine rings is 1. The van der Waals surface area contributed by atoms with Crippen molar-refractivity contribution in [2.24, 2.45) is 5.73 Å². The molecule has 0 amide bonds. The van der Waals surface area contributed by atoms with Gasteiger partial charge in [0.15, 0.2) is 5.82 Å². The van der Waals surface area contributed by atoms with Crippen molar-refractivity contribution in [3.05, 3.63) is 77.6 Å². The number of hydrogen-bond acceptors (Lipinski definition) is 6. The fourth-order valence-electron chi connectivity index (χ4n) is 3.47. The molecule has 2 aromatic heterocycles. The maximum Gasteiger partial charge on any atom is 0.307 e. The second kappa shape index (κ2) is 9.07. The molecule has 0 fully saturated rings. The number of hydrogen-bond donors (Lipinski definition) is 2. The highest BCUT2D eigenvalue weighted by Gasteiger charge is 2.15. The first kappa shape index (κ1) is 21.3. The SMILES string of the molecule is COc1ccc(CC(=O)O)c(OCc2coc3ccc(-c4ccnc(CN)c4F)cc23)c1. The van der Waals surface area contributed by atoms with E-state index in [0.717, 1.165) is 10.9 Å². The largest absolute Gasteiger partial charge is 0.497 e. The monoisotopic (exact) mass is 436 g/mol. The van der Waals surface area contributed by atoms with Gasteiger partial charge in [0.05, 0.1) is 25.5 Å². The van der Waals surface area contributed by atoms with Crippen LogP contribution in [0.3, 0.4) is 0 Å². The van der Waals surface area contributed by atoms with Crippen LogP contribution < -0.4 is 15.2 Å². The van der Waals surface area contributed by atoms with Crippen LogP contribution >= 0.6 is 0 Å². The van der Waals surface area contributed by atoms with Gasteiger partial charge in [-0.05, 0) is 29.8 Å². The fraction of sp³-hybridized carbons (Fsp3) is 0.167. The standard InChI is InChI=1S/C24H21FN2O5/c1-30-17-4-2-15(9-23(28)29)22(10-17)32-13-16-12-31-21-5-3-14(8-19(16)21)18-6-7-27-20(11-26)24(18)25/h2-8,10,12H,9,11,13,26H2,1H3,(H,28,29). The predicted octanol–water partition coefficient (Wildman–Crippen LogP) is 4.31. The second-order valence-corrected chi connectivity index (χ2v) is 7.13. The van der Waals surface area contributed by atoms with Crippen LogP contribution in [0.25, 0.3) is 22.1 Å². The van der Waals surface area contributed by atoms with Gasteiger partial charge in [-0.25, -0.2) is 4.39 Å². The molecule has 2 aromatic carbocycles. The number of fused-ring (bicyclic) bond motifs is 1. The third-order valence-electron chi connectivity index (χ3n) is 5.12. The Kier molecular flexibility index (Phi) is 6.04. The number of aromatic nitrogens is 1. The Morgan fingerprint density at radius 1 is 1.19 bits per heavy atom. The smallest absolute Gasteiger partial charge is 0.307 e. The number of carbonyl (C=O) groups is 1. The van der Waals surface area contributed by atoms with E-state index in [4.69, 9.17) is 24.7 Å². The Morgan fingerprint density at radius 3 is 2.78 bits per heavy atom. The number of nitrogens with zero attached hydrogens (tertiary/aromatic N) is 1. The van der Waals surface area contributed by atoms with E-state index < -0.39 is 11.8 Å². The van der Waals surface area contributed by atoms with Crippen molar-refractivity contribution in [3.8, 4) is 22.6 Å². The molecule has 8 heteroatoms. The summed E-state index contributed by atoms with van der Waals surface area (Å²) in [6.45, 7) is 0.134. The van der Waals surface area contributed by atoms with Gasteiger partial charge in [-0.15, -0.1) is 0 Å². The van der Waals surface area contributed by atoms with Crippen molar-refractivity contribution in [2.75, 3.05) is 7.11 Å². The number of carboxylic acid groups (broad SMARTS) is 1. The molecular formula is C24H21FN2O5. The number of carboxylic acids is 1. The number of halogens is 1. The number of rotatable bonds is 8. The molecule has 4 aromatic rings. The molecule has 0 aliphatic carbocycles. The molecule has 7 nitrogen and oxygen atoms in total. The van der Waals surface area contributed by atoms with Crippen LogP contribution in [0.1, 0.15) is 16.8 Å². The van der Waals surface area contributed by atoms with E-state index in [2.05, 4.69) is 4.98 Å². The molecule has 0 saturated heterocycles. The van der Waals surface area contributed by atoms with E-state index in [-0.39, 0.29) is 25.3 Å². The van der Waals surface area contributed by atoms with Crippen molar-refractivity contribution in [1.82, 2.24) is 4.98 Å².